The lowest BCUT2D eigenvalue weighted by molar-refractivity contribution is -0.115. The lowest BCUT2D eigenvalue weighted by atomic mass is 10.2. The average molecular weight is 514 g/mol. The Morgan fingerprint density at radius 2 is 1.97 bits per heavy atom. The van der Waals surface area contributed by atoms with E-state index in [-0.39, 0.29) is 48.7 Å². The van der Waals surface area contributed by atoms with Crippen molar-refractivity contribution in [2.24, 2.45) is 4.99 Å². The number of aliphatic imine (C=N–C) groups is 1. The van der Waals surface area contributed by atoms with Crippen LogP contribution in [0, 0.1) is 12.3 Å². The molecule has 29 heavy (non-hydrogen) atoms. The van der Waals surface area contributed by atoms with Crippen molar-refractivity contribution in [3.05, 3.63) is 59.7 Å². The van der Waals surface area contributed by atoms with Gasteiger partial charge >= 0.3 is 6.61 Å². The minimum absolute atomic E-state index is 0. The van der Waals surface area contributed by atoms with Gasteiger partial charge in [0.25, 0.3) is 0 Å². The molecule has 0 saturated heterocycles. The van der Waals surface area contributed by atoms with Crippen LogP contribution in [0.5, 0.6) is 5.75 Å². The molecular formula is C20H21F2IN4O2. The molecule has 0 aliphatic heterocycles. The smallest absolute Gasteiger partial charge is 0.387 e. The van der Waals surface area contributed by atoms with Crippen LogP contribution in [-0.2, 0) is 11.3 Å². The van der Waals surface area contributed by atoms with E-state index in [1.54, 1.807) is 42.5 Å². The van der Waals surface area contributed by atoms with Gasteiger partial charge < -0.3 is 20.7 Å². The molecule has 0 aromatic heterocycles. The molecule has 0 heterocycles. The number of halogens is 3. The summed E-state index contributed by atoms with van der Waals surface area (Å²) in [6.07, 6.45) is 5.33. The van der Waals surface area contributed by atoms with Crippen molar-refractivity contribution in [3.8, 4) is 18.1 Å². The Balaban J connectivity index is 0.00000420. The summed E-state index contributed by atoms with van der Waals surface area (Å²) in [5.41, 5.74) is 1.78. The number of alkyl halides is 2. The fourth-order valence-corrected chi connectivity index (χ4v) is 2.32. The zero-order valence-corrected chi connectivity index (χ0v) is 17.9. The SMILES string of the molecule is C#Cc1cccc(NC(=O)CNC(=NC)NCc2ccccc2OC(F)F)c1.I. The molecule has 3 N–H and O–H groups in total. The van der Waals surface area contributed by atoms with E-state index in [0.717, 1.165) is 0 Å². The van der Waals surface area contributed by atoms with Crippen molar-refractivity contribution in [2.75, 3.05) is 18.9 Å². The molecule has 1 amide bonds. The molecular weight excluding hydrogens is 493 g/mol. The Morgan fingerprint density at radius 3 is 2.66 bits per heavy atom. The van der Waals surface area contributed by atoms with Gasteiger partial charge in [0.2, 0.25) is 5.91 Å². The number of amides is 1. The molecule has 0 aliphatic rings. The molecule has 154 valence electrons. The number of nitrogens with zero attached hydrogens (tertiary/aromatic N) is 1. The van der Waals surface area contributed by atoms with Crippen LogP contribution < -0.4 is 20.7 Å². The number of benzene rings is 2. The van der Waals surface area contributed by atoms with Gasteiger partial charge in [-0.15, -0.1) is 30.4 Å². The summed E-state index contributed by atoms with van der Waals surface area (Å²) in [5, 5.41) is 8.51. The summed E-state index contributed by atoms with van der Waals surface area (Å²) >= 11 is 0. The van der Waals surface area contributed by atoms with Crippen LogP contribution in [0.3, 0.4) is 0 Å². The van der Waals surface area contributed by atoms with E-state index in [1.165, 1.54) is 13.1 Å². The number of ether oxygens (including phenoxy) is 1. The zero-order chi connectivity index (χ0) is 20.4. The van der Waals surface area contributed by atoms with Crippen LogP contribution in [0.2, 0.25) is 0 Å². The second-order valence-electron chi connectivity index (χ2n) is 5.54. The van der Waals surface area contributed by atoms with E-state index in [4.69, 9.17) is 6.42 Å². The molecule has 0 spiro atoms. The quantitative estimate of drug-likeness (QED) is 0.230. The minimum Gasteiger partial charge on any atom is -0.434 e. The predicted octanol–water partition coefficient (Wildman–Crippen LogP) is 3.19. The number of hydrogen-bond donors (Lipinski definition) is 3. The molecule has 0 radical (unpaired) electrons. The first-order chi connectivity index (χ1) is 13.5. The highest BCUT2D eigenvalue weighted by Crippen LogP contribution is 2.19. The van der Waals surface area contributed by atoms with E-state index >= 15 is 0 Å². The number of guanidine groups is 1. The molecule has 0 atom stereocenters. The van der Waals surface area contributed by atoms with Gasteiger partial charge in [0.05, 0.1) is 6.54 Å². The predicted molar refractivity (Wildman–Crippen MR) is 120 cm³/mol. The molecule has 0 aliphatic carbocycles. The Hall–Kier alpha value is -2.87. The van der Waals surface area contributed by atoms with Crippen molar-refractivity contribution >= 4 is 41.5 Å². The van der Waals surface area contributed by atoms with Gasteiger partial charge in [-0.3, -0.25) is 9.79 Å². The van der Waals surface area contributed by atoms with E-state index in [1.807, 2.05) is 0 Å². The van der Waals surface area contributed by atoms with Crippen LogP contribution >= 0.6 is 24.0 Å². The van der Waals surface area contributed by atoms with Crippen LogP contribution in [0.4, 0.5) is 14.5 Å². The maximum absolute atomic E-state index is 12.5. The van der Waals surface area contributed by atoms with Crippen LogP contribution in [0.15, 0.2) is 53.5 Å². The van der Waals surface area contributed by atoms with Gasteiger partial charge in [-0.2, -0.15) is 8.78 Å². The van der Waals surface area contributed by atoms with Crippen LogP contribution in [-0.4, -0.2) is 32.1 Å². The van der Waals surface area contributed by atoms with Crippen molar-refractivity contribution in [1.82, 2.24) is 10.6 Å². The second kappa shape index (κ2) is 12.6. The summed E-state index contributed by atoms with van der Waals surface area (Å²) < 4.78 is 29.4. The number of hydrogen-bond acceptors (Lipinski definition) is 3. The Labute approximate surface area is 185 Å². The standard InChI is InChI=1S/C20H20F2N4O2.HI/c1-3-14-7-6-9-16(11-14)26-18(27)13-25-20(23-2)24-12-15-8-4-5-10-17(15)28-19(21)22;/h1,4-11,19H,12-13H2,2H3,(H,26,27)(H2,23,24,25);1H. The lowest BCUT2D eigenvalue weighted by Crippen LogP contribution is -2.41. The monoisotopic (exact) mass is 514 g/mol. The molecule has 0 fully saturated rings. The van der Waals surface area contributed by atoms with Crippen molar-refractivity contribution in [1.29, 1.82) is 0 Å². The highest BCUT2D eigenvalue weighted by molar-refractivity contribution is 14.0. The summed E-state index contributed by atoms with van der Waals surface area (Å²) in [5.74, 6) is 2.61. The van der Waals surface area contributed by atoms with E-state index in [2.05, 4.69) is 31.6 Å². The molecule has 2 aromatic carbocycles. The number of carbonyl (C=O) groups is 1. The number of anilines is 1. The number of nitrogens with one attached hydrogen (secondary N) is 3. The van der Waals surface area contributed by atoms with Crippen LogP contribution in [0.1, 0.15) is 11.1 Å². The topological polar surface area (TPSA) is 74.8 Å². The van der Waals surface area contributed by atoms with Crippen molar-refractivity contribution in [2.45, 2.75) is 13.2 Å². The van der Waals surface area contributed by atoms with E-state index in [0.29, 0.717) is 22.8 Å². The first kappa shape index (κ1) is 24.2. The third kappa shape index (κ3) is 8.35. The molecule has 9 heteroatoms. The maximum Gasteiger partial charge on any atom is 0.387 e. The van der Waals surface area contributed by atoms with Crippen molar-refractivity contribution < 1.29 is 18.3 Å². The highest BCUT2D eigenvalue weighted by Gasteiger charge is 2.10. The molecule has 2 aromatic rings. The number of para-hydroxylation sites is 1. The molecule has 2 rings (SSSR count). The van der Waals surface area contributed by atoms with Gasteiger partial charge in [-0.1, -0.05) is 30.2 Å². The van der Waals surface area contributed by atoms with Gasteiger partial charge in [0, 0.05) is 30.4 Å². The Morgan fingerprint density at radius 1 is 1.21 bits per heavy atom. The summed E-state index contributed by atoms with van der Waals surface area (Å²) in [7, 11) is 1.53. The summed E-state index contributed by atoms with van der Waals surface area (Å²) in [4.78, 5) is 16.1. The number of rotatable bonds is 7. The minimum atomic E-state index is -2.91. The third-order valence-electron chi connectivity index (χ3n) is 3.59. The Kier molecular flexibility index (Phi) is 10.5. The number of carbonyl (C=O) groups excluding carboxylic acids is 1. The summed E-state index contributed by atoms with van der Waals surface area (Å²) in [6.45, 7) is -2.76. The van der Waals surface area contributed by atoms with Gasteiger partial charge in [-0.05, 0) is 24.3 Å². The normalized spacial score (nSPS) is 10.5. The largest absolute Gasteiger partial charge is 0.434 e. The first-order valence-corrected chi connectivity index (χ1v) is 8.35. The second-order valence-corrected chi connectivity index (χ2v) is 5.54. The van der Waals surface area contributed by atoms with Gasteiger partial charge in [-0.25, -0.2) is 0 Å². The van der Waals surface area contributed by atoms with E-state index < -0.39 is 6.61 Å². The molecule has 6 nitrogen and oxygen atoms in total. The van der Waals surface area contributed by atoms with Crippen LogP contribution in [0.25, 0.3) is 0 Å². The highest BCUT2D eigenvalue weighted by atomic mass is 127. The Bertz CT molecular complexity index is 885. The molecule has 0 bridgehead atoms. The average Bonchev–Trinajstić information content (AvgIpc) is 2.69. The fourth-order valence-electron chi connectivity index (χ4n) is 2.32. The number of terminal acetylenes is 1. The summed E-state index contributed by atoms with van der Waals surface area (Å²) in [6, 6.07) is 13.3. The molecule has 0 saturated carbocycles. The van der Waals surface area contributed by atoms with Gasteiger partial charge in [0.1, 0.15) is 5.75 Å². The third-order valence-corrected chi connectivity index (χ3v) is 3.59. The van der Waals surface area contributed by atoms with E-state index in [9.17, 15) is 13.6 Å². The van der Waals surface area contributed by atoms with Crippen molar-refractivity contribution in [3.63, 3.8) is 0 Å². The first-order valence-electron chi connectivity index (χ1n) is 8.35. The maximum atomic E-state index is 12.5. The zero-order valence-electron chi connectivity index (χ0n) is 15.6. The van der Waals surface area contributed by atoms with Gasteiger partial charge in [0.15, 0.2) is 5.96 Å². The lowest BCUT2D eigenvalue weighted by Gasteiger charge is -2.14. The fraction of sp³-hybridized carbons (Fsp3) is 0.200. The molecule has 0 unspecified atom stereocenters.